The summed E-state index contributed by atoms with van der Waals surface area (Å²) in [7, 11) is 0. The number of hydrogen-bond acceptors (Lipinski definition) is 6. The first-order chi connectivity index (χ1) is 14.7. The van der Waals surface area contributed by atoms with Gasteiger partial charge in [0.05, 0.1) is 11.2 Å². The number of aryl methyl sites for hydroxylation is 1. The SMILES string of the molecule is O=Cc1ccc2nnn(CCCN3CCC(c4noc5cc(F)ccc45)CC3)c2c1. The van der Waals surface area contributed by atoms with E-state index in [9.17, 15) is 9.18 Å². The molecule has 1 aliphatic rings. The van der Waals surface area contributed by atoms with Crippen molar-refractivity contribution in [1.29, 1.82) is 0 Å². The lowest BCUT2D eigenvalue weighted by atomic mass is 9.91. The second-order valence-electron chi connectivity index (χ2n) is 7.86. The van der Waals surface area contributed by atoms with Gasteiger partial charge in [-0.25, -0.2) is 9.07 Å². The molecule has 0 radical (unpaired) electrons. The van der Waals surface area contributed by atoms with Crippen LogP contribution in [0.3, 0.4) is 0 Å². The molecule has 0 aliphatic carbocycles. The Morgan fingerprint density at radius 3 is 2.83 bits per heavy atom. The normalized spacial score (nSPS) is 15.9. The maximum atomic E-state index is 13.4. The van der Waals surface area contributed by atoms with Crippen LogP contribution in [0.4, 0.5) is 4.39 Å². The molecule has 7 nitrogen and oxygen atoms in total. The van der Waals surface area contributed by atoms with Gasteiger partial charge in [-0.3, -0.25) is 4.79 Å². The standard InChI is InChI=1S/C22H22FN5O2/c23-17-3-4-18-21(13-17)30-25-22(18)16-6-10-27(11-7-16)8-1-9-28-20-12-15(14-29)2-5-19(20)24-26-28/h2-5,12-14,16H,1,6-11H2. The Morgan fingerprint density at radius 1 is 1.13 bits per heavy atom. The van der Waals surface area contributed by atoms with Crippen molar-refractivity contribution in [2.45, 2.75) is 31.7 Å². The summed E-state index contributed by atoms with van der Waals surface area (Å²) in [5.41, 5.74) is 3.81. The lowest BCUT2D eigenvalue weighted by Crippen LogP contribution is -2.34. The Kier molecular flexibility index (Phi) is 5.00. The van der Waals surface area contributed by atoms with Crippen LogP contribution in [0.25, 0.3) is 22.0 Å². The summed E-state index contributed by atoms with van der Waals surface area (Å²) in [5.74, 6) is 0.0385. The first-order valence-electron chi connectivity index (χ1n) is 10.3. The fourth-order valence-electron chi connectivity index (χ4n) is 4.32. The van der Waals surface area contributed by atoms with Crippen molar-refractivity contribution in [3.8, 4) is 0 Å². The van der Waals surface area contributed by atoms with Crippen LogP contribution in [0.2, 0.25) is 0 Å². The topological polar surface area (TPSA) is 77.1 Å². The highest BCUT2D eigenvalue weighted by Crippen LogP contribution is 2.32. The number of benzene rings is 2. The number of rotatable bonds is 6. The molecule has 0 amide bonds. The summed E-state index contributed by atoms with van der Waals surface area (Å²) in [4.78, 5) is 13.5. The van der Waals surface area contributed by atoms with Gasteiger partial charge in [-0.15, -0.1) is 5.10 Å². The van der Waals surface area contributed by atoms with Crippen molar-refractivity contribution < 1.29 is 13.7 Å². The average Bonchev–Trinajstić information content (AvgIpc) is 3.37. The minimum Gasteiger partial charge on any atom is -0.356 e. The van der Waals surface area contributed by atoms with E-state index in [-0.39, 0.29) is 5.82 Å². The Hall–Kier alpha value is -3.13. The molecular weight excluding hydrogens is 385 g/mol. The molecule has 0 N–H and O–H groups in total. The number of aromatic nitrogens is 4. The molecule has 1 fully saturated rings. The maximum absolute atomic E-state index is 13.4. The van der Waals surface area contributed by atoms with E-state index in [1.807, 2.05) is 16.8 Å². The van der Waals surface area contributed by atoms with E-state index >= 15 is 0 Å². The van der Waals surface area contributed by atoms with E-state index in [0.29, 0.717) is 17.1 Å². The zero-order chi connectivity index (χ0) is 20.5. The van der Waals surface area contributed by atoms with Crippen LogP contribution in [0.15, 0.2) is 40.9 Å². The van der Waals surface area contributed by atoms with Gasteiger partial charge in [0.25, 0.3) is 0 Å². The molecule has 154 valence electrons. The number of carbonyl (C=O) groups excluding carboxylic acids is 1. The number of carbonyl (C=O) groups is 1. The maximum Gasteiger partial charge on any atom is 0.170 e. The summed E-state index contributed by atoms with van der Waals surface area (Å²) in [5, 5.41) is 13.5. The van der Waals surface area contributed by atoms with E-state index in [1.165, 1.54) is 12.1 Å². The monoisotopic (exact) mass is 407 g/mol. The molecule has 2 aromatic heterocycles. The molecule has 1 aliphatic heterocycles. The molecule has 0 unspecified atom stereocenters. The number of nitrogens with zero attached hydrogens (tertiary/aromatic N) is 5. The van der Waals surface area contributed by atoms with Gasteiger partial charge in [-0.2, -0.15) is 0 Å². The van der Waals surface area contributed by atoms with Crippen LogP contribution < -0.4 is 0 Å². The lowest BCUT2D eigenvalue weighted by Gasteiger charge is -2.31. The van der Waals surface area contributed by atoms with Crippen LogP contribution in [0.1, 0.15) is 41.2 Å². The molecule has 1 saturated heterocycles. The largest absolute Gasteiger partial charge is 0.356 e. The average molecular weight is 407 g/mol. The van der Waals surface area contributed by atoms with Crippen molar-refractivity contribution in [3.05, 3.63) is 53.5 Å². The predicted molar refractivity (Wildman–Crippen MR) is 110 cm³/mol. The molecule has 2 aromatic carbocycles. The number of hydrogen-bond donors (Lipinski definition) is 0. The van der Waals surface area contributed by atoms with E-state index in [1.54, 1.807) is 12.1 Å². The van der Waals surface area contributed by atoms with Gasteiger partial charge in [0.2, 0.25) is 0 Å². The van der Waals surface area contributed by atoms with Crippen LogP contribution in [0, 0.1) is 5.82 Å². The summed E-state index contributed by atoms with van der Waals surface area (Å²) >= 11 is 0. The third-order valence-corrected chi connectivity index (χ3v) is 5.95. The van der Waals surface area contributed by atoms with E-state index in [2.05, 4.69) is 20.4 Å². The first kappa shape index (κ1) is 18.9. The number of aldehydes is 1. The van der Waals surface area contributed by atoms with Crippen molar-refractivity contribution in [1.82, 2.24) is 25.1 Å². The van der Waals surface area contributed by atoms with Gasteiger partial charge in [0, 0.05) is 29.5 Å². The molecule has 30 heavy (non-hydrogen) atoms. The number of piperidine rings is 1. The third kappa shape index (κ3) is 3.59. The van der Waals surface area contributed by atoms with Crippen molar-refractivity contribution in [2.24, 2.45) is 0 Å². The first-order valence-corrected chi connectivity index (χ1v) is 10.3. The van der Waals surface area contributed by atoms with Gasteiger partial charge in [0.1, 0.15) is 17.6 Å². The van der Waals surface area contributed by atoms with Crippen molar-refractivity contribution in [2.75, 3.05) is 19.6 Å². The Bertz CT molecular complexity index is 1190. The molecule has 5 rings (SSSR count). The summed E-state index contributed by atoms with van der Waals surface area (Å²) in [6.07, 6.45) is 3.82. The zero-order valence-corrected chi connectivity index (χ0v) is 16.5. The Balaban J connectivity index is 1.16. The van der Waals surface area contributed by atoms with E-state index < -0.39 is 0 Å². The van der Waals surface area contributed by atoms with Gasteiger partial charge >= 0.3 is 0 Å². The van der Waals surface area contributed by atoms with Crippen LogP contribution in [0.5, 0.6) is 0 Å². The fourth-order valence-corrected chi connectivity index (χ4v) is 4.32. The minimum atomic E-state index is -0.303. The lowest BCUT2D eigenvalue weighted by molar-refractivity contribution is 0.112. The van der Waals surface area contributed by atoms with Crippen LogP contribution in [-0.2, 0) is 6.54 Å². The van der Waals surface area contributed by atoms with Crippen LogP contribution in [-0.4, -0.2) is 51.0 Å². The predicted octanol–water partition coefficient (Wildman–Crippen LogP) is 3.79. The van der Waals surface area contributed by atoms with Crippen molar-refractivity contribution >= 4 is 28.3 Å². The highest BCUT2D eigenvalue weighted by atomic mass is 19.1. The number of fused-ring (bicyclic) bond motifs is 2. The molecule has 0 atom stereocenters. The molecular formula is C22H22FN5O2. The number of halogens is 1. The molecule has 0 saturated carbocycles. The van der Waals surface area contributed by atoms with Crippen LogP contribution >= 0.6 is 0 Å². The van der Waals surface area contributed by atoms with Gasteiger partial charge in [0.15, 0.2) is 5.58 Å². The van der Waals surface area contributed by atoms with Gasteiger partial charge in [-0.1, -0.05) is 10.4 Å². The highest BCUT2D eigenvalue weighted by molar-refractivity contribution is 5.84. The molecule has 3 heterocycles. The van der Waals surface area contributed by atoms with E-state index in [0.717, 1.165) is 73.8 Å². The smallest absolute Gasteiger partial charge is 0.170 e. The molecule has 8 heteroatoms. The summed E-state index contributed by atoms with van der Waals surface area (Å²) in [6, 6.07) is 10.0. The molecule has 0 spiro atoms. The Morgan fingerprint density at radius 2 is 2.00 bits per heavy atom. The molecule has 0 bridgehead atoms. The quantitative estimate of drug-likeness (QED) is 0.453. The van der Waals surface area contributed by atoms with E-state index in [4.69, 9.17) is 4.52 Å². The fraction of sp³-hybridized carbons (Fsp3) is 0.364. The van der Waals surface area contributed by atoms with Gasteiger partial charge < -0.3 is 9.42 Å². The second kappa shape index (κ2) is 7.95. The molecule has 4 aromatic rings. The highest BCUT2D eigenvalue weighted by Gasteiger charge is 2.25. The Labute approximate surface area is 172 Å². The summed E-state index contributed by atoms with van der Waals surface area (Å²) in [6.45, 7) is 3.73. The third-order valence-electron chi connectivity index (χ3n) is 5.95. The van der Waals surface area contributed by atoms with Gasteiger partial charge in [-0.05, 0) is 69.2 Å². The number of likely N-dealkylation sites (tertiary alicyclic amines) is 1. The summed E-state index contributed by atoms with van der Waals surface area (Å²) < 4.78 is 20.6. The second-order valence-corrected chi connectivity index (χ2v) is 7.86. The van der Waals surface area contributed by atoms with Crippen molar-refractivity contribution in [3.63, 3.8) is 0 Å². The minimum absolute atomic E-state index is 0.303. The zero-order valence-electron chi connectivity index (χ0n) is 16.5.